The highest BCUT2D eigenvalue weighted by atomic mass is 28.1. The third-order valence-corrected chi connectivity index (χ3v) is 5.70. The molecule has 0 bridgehead atoms. The van der Waals surface area contributed by atoms with Crippen LogP contribution in [0.3, 0.4) is 0 Å². The van der Waals surface area contributed by atoms with Crippen LogP contribution in [0.5, 0.6) is 5.75 Å². The van der Waals surface area contributed by atoms with Crippen LogP contribution in [0.25, 0.3) is 0 Å². The Balaban J connectivity index is 1.65. The smallest absolute Gasteiger partial charge is 0.426 e. The summed E-state index contributed by atoms with van der Waals surface area (Å²) >= 11 is 0. The summed E-state index contributed by atoms with van der Waals surface area (Å²) in [5.41, 5.74) is 2.03. The standard InChI is InChI=1S/C21H23F2OSi/c1-15-2-10-19(11-3-15)21(22,23)24-20-12-8-18(9-13-20)17-6-4-16(14-25)5-7-17/h2-3,8-13,16-17H,4-7,14H2,1H3. The van der Waals surface area contributed by atoms with Gasteiger partial charge in [0.1, 0.15) is 5.75 Å². The Bertz CT molecular complexity index is 674. The number of alkyl halides is 2. The molecule has 1 saturated carbocycles. The largest absolute Gasteiger partial charge is 0.429 e. The summed E-state index contributed by atoms with van der Waals surface area (Å²) in [5, 5.41) is 0. The van der Waals surface area contributed by atoms with E-state index in [1.807, 2.05) is 19.1 Å². The van der Waals surface area contributed by atoms with Gasteiger partial charge in [-0.1, -0.05) is 48.7 Å². The van der Waals surface area contributed by atoms with Gasteiger partial charge >= 0.3 is 6.11 Å². The summed E-state index contributed by atoms with van der Waals surface area (Å²) in [6.07, 6.45) is 1.43. The third kappa shape index (κ3) is 4.49. The molecular weight excluding hydrogens is 334 g/mol. The number of hydrogen-bond acceptors (Lipinski definition) is 1. The Morgan fingerprint density at radius 1 is 0.960 bits per heavy atom. The molecule has 2 aromatic carbocycles. The van der Waals surface area contributed by atoms with E-state index in [1.165, 1.54) is 30.5 Å². The molecule has 1 nitrogen and oxygen atoms in total. The maximum Gasteiger partial charge on any atom is 0.426 e. The van der Waals surface area contributed by atoms with Gasteiger partial charge in [0, 0.05) is 10.2 Å². The summed E-state index contributed by atoms with van der Waals surface area (Å²) in [7, 11) is 3.61. The van der Waals surface area contributed by atoms with Crippen molar-refractivity contribution in [1.29, 1.82) is 0 Å². The molecule has 0 N–H and O–H groups in total. The third-order valence-electron chi connectivity index (χ3n) is 5.12. The van der Waals surface area contributed by atoms with E-state index in [-0.39, 0.29) is 11.3 Å². The van der Waals surface area contributed by atoms with Crippen molar-refractivity contribution in [3.8, 4) is 5.75 Å². The van der Waals surface area contributed by atoms with E-state index in [0.717, 1.165) is 30.4 Å². The van der Waals surface area contributed by atoms with Gasteiger partial charge in [-0.15, -0.1) is 0 Å². The summed E-state index contributed by atoms with van der Waals surface area (Å²) in [6, 6.07) is 14.4. The minimum absolute atomic E-state index is 0.130. The molecule has 0 unspecified atom stereocenters. The van der Waals surface area contributed by atoms with Gasteiger partial charge in [0.05, 0.1) is 5.56 Å². The van der Waals surface area contributed by atoms with Crippen molar-refractivity contribution in [1.82, 2.24) is 0 Å². The number of benzene rings is 2. The van der Waals surface area contributed by atoms with Crippen LogP contribution in [-0.2, 0) is 6.11 Å². The monoisotopic (exact) mass is 357 g/mol. The highest BCUT2D eigenvalue weighted by Gasteiger charge is 2.34. The summed E-state index contributed by atoms with van der Waals surface area (Å²) in [5.74, 6) is 1.49. The van der Waals surface area contributed by atoms with E-state index in [0.29, 0.717) is 5.92 Å². The molecule has 0 aliphatic heterocycles. The fourth-order valence-corrected chi connectivity index (χ4v) is 3.87. The molecule has 0 aromatic heterocycles. The Labute approximate surface area is 151 Å². The first kappa shape index (κ1) is 18.1. The second kappa shape index (κ2) is 7.69. The first-order valence-corrected chi connectivity index (χ1v) is 9.57. The van der Waals surface area contributed by atoms with Crippen LogP contribution >= 0.6 is 0 Å². The molecule has 0 saturated heterocycles. The van der Waals surface area contributed by atoms with Crippen LogP contribution in [0.15, 0.2) is 48.5 Å². The summed E-state index contributed by atoms with van der Waals surface area (Å²) in [6.45, 7) is 1.87. The predicted molar refractivity (Wildman–Crippen MR) is 97.4 cm³/mol. The van der Waals surface area contributed by atoms with Crippen LogP contribution < -0.4 is 4.74 Å². The van der Waals surface area contributed by atoms with Gasteiger partial charge < -0.3 is 4.74 Å². The van der Waals surface area contributed by atoms with Gasteiger partial charge in [-0.25, -0.2) is 0 Å². The zero-order valence-electron chi connectivity index (χ0n) is 14.5. The fraction of sp³-hybridized carbons (Fsp3) is 0.429. The fourth-order valence-electron chi connectivity index (χ4n) is 3.46. The van der Waals surface area contributed by atoms with Crippen molar-refractivity contribution < 1.29 is 13.5 Å². The van der Waals surface area contributed by atoms with E-state index >= 15 is 0 Å². The average Bonchev–Trinajstić information content (AvgIpc) is 2.62. The molecule has 0 amide bonds. The van der Waals surface area contributed by atoms with Gasteiger partial charge in [0.2, 0.25) is 0 Å². The van der Waals surface area contributed by atoms with Crippen molar-refractivity contribution >= 4 is 10.2 Å². The van der Waals surface area contributed by atoms with Gasteiger partial charge in [0.15, 0.2) is 0 Å². The maximum atomic E-state index is 14.3. The number of aryl methyl sites for hydroxylation is 1. The van der Waals surface area contributed by atoms with E-state index in [4.69, 9.17) is 4.74 Å². The molecule has 0 heterocycles. The van der Waals surface area contributed by atoms with Crippen molar-refractivity contribution in [3.05, 3.63) is 65.2 Å². The van der Waals surface area contributed by atoms with Crippen molar-refractivity contribution in [3.63, 3.8) is 0 Å². The highest BCUT2D eigenvalue weighted by molar-refractivity contribution is 6.08. The minimum atomic E-state index is -3.33. The Morgan fingerprint density at radius 3 is 2.12 bits per heavy atom. The molecule has 25 heavy (non-hydrogen) atoms. The van der Waals surface area contributed by atoms with Crippen molar-refractivity contribution in [2.75, 3.05) is 0 Å². The molecule has 2 aromatic rings. The molecule has 0 spiro atoms. The molecule has 0 atom stereocenters. The Hall–Kier alpha value is -1.68. The van der Waals surface area contributed by atoms with E-state index < -0.39 is 6.11 Å². The maximum absolute atomic E-state index is 14.3. The summed E-state index contributed by atoms with van der Waals surface area (Å²) < 4.78 is 33.5. The summed E-state index contributed by atoms with van der Waals surface area (Å²) in [4.78, 5) is 0. The van der Waals surface area contributed by atoms with Crippen molar-refractivity contribution in [2.24, 2.45) is 5.92 Å². The zero-order valence-corrected chi connectivity index (χ0v) is 15.5. The minimum Gasteiger partial charge on any atom is -0.429 e. The lowest BCUT2D eigenvalue weighted by Gasteiger charge is -2.28. The van der Waals surface area contributed by atoms with Gasteiger partial charge in [-0.2, -0.15) is 8.78 Å². The van der Waals surface area contributed by atoms with E-state index in [2.05, 4.69) is 10.2 Å². The first-order valence-electron chi connectivity index (χ1n) is 8.86. The lowest BCUT2D eigenvalue weighted by Crippen LogP contribution is -2.21. The second-order valence-corrected chi connectivity index (χ2v) is 7.38. The van der Waals surface area contributed by atoms with Gasteiger partial charge in [-0.05, 0) is 61.4 Å². The van der Waals surface area contributed by atoms with E-state index in [1.54, 1.807) is 24.3 Å². The lowest BCUT2D eigenvalue weighted by atomic mass is 9.79. The lowest BCUT2D eigenvalue weighted by molar-refractivity contribution is -0.185. The quantitative estimate of drug-likeness (QED) is 0.598. The molecule has 1 fully saturated rings. The molecular formula is C21H23F2OSi. The Morgan fingerprint density at radius 2 is 1.56 bits per heavy atom. The zero-order chi connectivity index (χ0) is 17.9. The normalized spacial score (nSPS) is 21.1. The van der Waals surface area contributed by atoms with Crippen LogP contribution in [0, 0.1) is 12.8 Å². The van der Waals surface area contributed by atoms with Gasteiger partial charge in [-0.3, -0.25) is 0 Å². The molecule has 3 rings (SSSR count). The van der Waals surface area contributed by atoms with Gasteiger partial charge in [0.25, 0.3) is 0 Å². The number of halogens is 2. The second-order valence-electron chi connectivity index (χ2n) is 6.98. The SMILES string of the molecule is Cc1ccc(C(F)(F)Oc2ccc(C3CCC(C[Si])CC3)cc2)cc1. The average molecular weight is 357 g/mol. The van der Waals surface area contributed by atoms with Crippen LogP contribution in [0.4, 0.5) is 8.78 Å². The molecule has 3 radical (unpaired) electrons. The van der Waals surface area contributed by atoms with E-state index in [9.17, 15) is 8.78 Å². The number of ether oxygens (including phenoxy) is 1. The highest BCUT2D eigenvalue weighted by Crippen LogP contribution is 2.38. The van der Waals surface area contributed by atoms with Crippen LogP contribution in [0.1, 0.15) is 48.3 Å². The molecule has 1 aliphatic rings. The molecule has 4 heteroatoms. The number of hydrogen-bond donors (Lipinski definition) is 0. The number of rotatable bonds is 5. The van der Waals surface area contributed by atoms with Crippen LogP contribution in [-0.4, -0.2) is 10.2 Å². The molecule has 131 valence electrons. The predicted octanol–water partition coefficient (Wildman–Crippen LogP) is 5.98. The van der Waals surface area contributed by atoms with Crippen molar-refractivity contribution in [2.45, 2.75) is 50.7 Å². The van der Waals surface area contributed by atoms with Crippen LogP contribution in [0.2, 0.25) is 6.04 Å². The molecule has 1 aliphatic carbocycles. The first-order chi connectivity index (χ1) is 12.0. The topological polar surface area (TPSA) is 9.23 Å². The Kier molecular flexibility index (Phi) is 5.57.